The third-order valence-electron chi connectivity index (χ3n) is 2.67. The van der Waals surface area contributed by atoms with Gasteiger partial charge in [-0.05, 0) is 36.8 Å². The molecule has 0 fully saturated rings. The van der Waals surface area contributed by atoms with Crippen molar-refractivity contribution in [3.8, 4) is 11.1 Å². The standard InChI is InChI=1S/C14H8Cl2F2O/c1-7(19)9-3-2-8(4-11(9)15)10-5-13(17)14(18)6-12(10)16/h2-6H,1H3. The summed E-state index contributed by atoms with van der Waals surface area (Å²) in [6.07, 6.45) is 0. The first-order valence-corrected chi connectivity index (χ1v) is 6.11. The molecule has 0 heterocycles. The van der Waals surface area contributed by atoms with E-state index in [9.17, 15) is 13.6 Å². The molecule has 2 aromatic carbocycles. The molecule has 0 aliphatic carbocycles. The van der Waals surface area contributed by atoms with Gasteiger partial charge in [-0.15, -0.1) is 0 Å². The van der Waals surface area contributed by atoms with Crippen LogP contribution in [-0.2, 0) is 0 Å². The number of carbonyl (C=O) groups excluding carboxylic acids is 1. The van der Waals surface area contributed by atoms with Crippen LogP contribution in [0.2, 0.25) is 10.0 Å². The maximum atomic E-state index is 13.2. The summed E-state index contributed by atoms with van der Waals surface area (Å²) in [5.41, 5.74) is 1.19. The van der Waals surface area contributed by atoms with Gasteiger partial charge in [0.05, 0.1) is 10.0 Å². The van der Waals surface area contributed by atoms with Crippen LogP contribution in [0.4, 0.5) is 8.78 Å². The van der Waals surface area contributed by atoms with Crippen molar-refractivity contribution in [2.24, 2.45) is 0 Å². The van der Waals surface area contributed by atoms with Crippen LogP contribution in [-0.4, -0.2) is 5.78 Å². The van der Waals surface area contributed by atoms with Crippen molar-refractivity contribution in [2.45, 2.75) is 6.92 Å². The van der Waals surface area contributed by atoms with Gasteiger partial charge in [0.2, 0.25) is 0 Å². The van der Waals surface area contributed by atoms with Gasteiger partial charge in [0, 0.05) is 11.1 Å². The van der Waals surface area contributed by atoms with Crippen molar-refractivity contribution >= 4 is 29.0 Å². The molecule has 0 bridgehead atoms. The first kappa shape index (κ1) is 14.0. The van der Waals surface area contributed by atoms with Gasteiger partial charge in [-0.2, -0.15) is 0 Å². The lowest BCUT2D eigenvalue weighted by Crippen LogP contribution is -1.94. The summed E-state index contributed by atoms with van der Waals surface area (Å²) in [4.78, 5) is 11.3. The molecule has 0 N–H and O–H groups in total. The van der Waals surface area contributed by atoms with Gasteiger partial charge in [0.25, 0.3) is 0 Å². The van der Waals surface area contributed by atoms with Crippen molar-refractivity contribution in [1.29, 1.82) is 0 Å². The molecule has 0 saturated heterocycles. The highest BCUT2D eigenvalue weighted by Gasteiger charge is 2.12. The van der Waals surface area contributed by atoms with Gasteiger partial charge in [-0.1, -0.05) is 29.3 Å². The van der Waals surface area contributed by atoms with Crippen LogP contribution in [0.1, 0.15) is 17.3 Å². The second kappa shape index (κ2) is 5.27. The zero-order valence-electron chi connectivity index (χ0n) is 9.81. The van der Waals surface area contributed by atoms with E-state index in [1.54, 1.807) is 6.07 Å². The quantitative estimate of drug-likeness (QED) is 0.554. The third-order valence-corrected chi connectivity index (χ3v) is 3.29. The fourth-order valence-corrected chi connectivity index (χ4v) is 2.29. The first-order valence-electron chi connectivity index (χ1n) is 5.35. The SMILES string of the molecule is CC(=O)c1ccc(-c2cc(F)c(F)cc2Cl)cc1Cl. The van der Waals surface area contributed by atoms with E-state index in [4.69, 9.17) is 23.2 Å². The van der Waals surface area contributed by atoms with E-state index in [2.05, 4.69) is 0 Å². The smallest absolute Gasteiger partial charge is 0.161 e. The lowest BCUT2D eigenvalue weighted by Gasteiger charge is -2.08. The predicted molar refractivity (Wildman–Crippen MR) is 71.8 cm³/mol. The average Bonchev–Trinajstić information content (AvgIpc) is 2.33. The molecule has 2 rings (SSSR count). The molecule has 98 valence electrons. The van der Waals surface area contributed by atoms with E-state index in [1.807, 2.05) is 0 Å². The summed E-state index contributed by atoms with van der Waals surface area (Å²) in [5.74, 6) is -2.18. The molecule has 0 radical (unpaired) electrons. The van der Waals surface area contributed by atoms with Crippen molar-refractivity contribution < 1.29 is 13.6 Å². The Balaban J connectivity index is 2.57. The topological polar surface area (TPSA) is 17.1 Å². The highest BCUT2D eigenvalue weighted by atomic mass is 35.5. The fourth-order valence-electron chi connectivity index (χ4n) is 1.71. The molecule has 2 aromatic rings. The number of hydrogen-bond donors (Lipinski definition) is 0. The van der Waals surface area contributed by atoms with Crippen LogP contribution in [0.15, 0.2) is 30.3 Å². The van der Waals surface area contributed by atoms with E-state index in [0.29, 0.717) is 16.7 Å². The maximum Gasteiger partial charge on any atom is 0.161 e. The van der Waals surface area contributed by atoms with Crippen LogP contribution in [0, 0.1) is 11.6 Å². The Kier molecular flexibility index (Phi) is 3.88. The summed E-state index contributed by atoms with van der Waals surface area (Å²) < 4.78 is 26.2. The zero-order valence-corrected chi connectivity index (χ0v) is 11.3. The summed E-state index contributed by atoms with van der Waals surface area (Å²) in [6.45, 7) is 1.39. The summed E-state index contributed by atoms with van der Waals surface area (Å²) in [6, 6.07) is 6.51. The summed E-state index contributed by atoms with van der Waals surface area (Å²) in [5, 5.41) is 0.316. The second-order valence-electron chi connectivity index (χ2n) is 4.00. The molecule has 1 nitrogen and oxygen atoms in total. The van der Waals surface area contributed by atoms with Crippen molar-refractivity contribution in [3.05, 3.63) is 57.6 Å². The van der Waals surface area contributed by atoms with Crippen LogP contribution in [0.5, 0.6) is 0 Å². The Morgan fingerprint density at radius 3 is 2.21 bits per heavy atom. The summed E-state index contributed by atoms with van der Waals surface area (Å²) >= 11 is 11.8. The molecule has 0 aliphatic rings. The van der Waals surface area contributed by atoms with E-state index in [-0.39, 0.29) is 15.8 Å². The van der Waals surface area contributed by atoms with Gasteiger partial charge in [-0.25, -0.2) is 8.78 Å². The van der Waals surface area contributed by atoms with E-state index in [1.165, 1.54) is 19.1 Å². The number of rotatable bonds is 2. The highest BCUT2D eigenvalue weighted by molar-refractivity contribution is 6.35. The van der Waals surface area contributed by atoms with Crippen molar-refractivity contribution in [2.75, 3.05) is 0 Å². The van der Waals surface area contributed by atoms with Gasteiger partial charge in [0.1, 0.15) is 0 Å². The Bertz CT molecular complexity index is 669. The molecular weight excluding hydrogens is 293 g/mol. The van der Waals surface area contributed by atoms with Crippen molar-refractivity contribution in [3.63, 3.8) is 0 Å². The molecule has 0 saturated carbocycles. The zero-order chi connectivity index (χ0) is 14.2. The van der Waals surface area contributed by atoms with Gasteiger partial charge in [0.15, 0.2) is 17.4 Å². The molecule has 5 heteroatoms. The largest absolute Gasteiger partial charge is 0.294 e. The molecule has 19 heavy (non-hydrogen) atoms. The maximum absolute atomic E-state index is 13.2. The average molecular weight is 301 g/mol. The number of halogens is 4. The van der Waals surface area contributed by atoms with Gasteiger partial charge in [-0.3, -0.25) is 4.79 Å². The third kappa shape index (κ3) is 2.77. The second-order valence-corrected chi connectivity index (χ2v) is 4.81. The molecule has 0 aliphatic heterocycles. The van der Waals surface area contributed by atoms with E-state index < -0.39 is 11.6 Å². The minimum atomic E-state index is -1.01. The molecule has 0 amide bonds. The first-order chi connectivity index (χ1) is 8.90. The normalized spacial score (nSPS) is 10.6. The number of ketones is 1. The monoisotopic (exact) mass is 300 g/mol. The fraction of sp³-hybridized carbons (Fsp3) is 0.0714. The molecule has 0 unspecified atom stereocenters. The minimum absolute atomic E-state index is 0.0746. The van der Waals surface area contributed by atoms with Crippen molar-refractivity contribution in [1.82, 2.24) is 0 Å². The summed E-state index contributed by atoms with van der Waals surface area (Å²) in [7, 11) is 0. The lowest BCUT2D eigenvalue weighted by molar-refractivity contribution is 0.101. The Morgan fingerprint density at radius 2 is 1.63 bits per heavy atom. The van der Waals surface area contributed by atoms with Crippen LogP contribution in [0.3, 0.4) is 0 Å². The van der Waals surface area contributed by atoms with Crippen LogP contribution >= 0.6 is 23.2 Å². The van der Waals surface area contributed by atoms with Gasteiger partial charge >= 0.3 is 0 Å². The Labute approximate surface area is 118 Å². The van der Waals surface area contributed by atoms with E-state index >= 15 is 0 Å². The number of Topliss-reactive ketones (excluding diaryl/α,β-unsaturated/α-hetero) is 1. The van der Waals surface area contributed by atoms with Gasteiger partial charge < -0.3 is 0 Å². The Morgan fingerprint density at radius 1 is 1.00 bits per heavy atom. The number of benzene rings is 2. The minimum Gasteiger partial charge on any atom is -0.294 e. The predicted octanol–water partition coefficient (Wildman–Crippen LogP) is 5.14. The molecule has 0 spiro atoms. The van der Waals surface area contributed by atoms with Crippen LogP contribution < -0.4 is 0 Å². The van der Waals surface area contributed by atoms with E-state index in [0.717, 1.165) is 12.1 Å². The number of carbonyl (C=O) groups is 1. The number of hydrogen-bond acceptors (Lipinski definition) is 1. The highest BCUT2D eigenvalue weighted by Crippen LogP contribution is 2.32. The van der Waals surface area contributed by atoms with Crippen LogP contribution in [0.25, 0.3) is 11.1 Å². The lowest BCUT2D eigenvalue weighted by atomic mass is 10.0. The molecular formula is C14H8Cl2F2O. The Hall–Kier alpha value is -1.45. The molecule has 0 aromatic heterocycles. The molecule has 0 atom stereocenters.